The fourth-order valence-electron chi connectivity index (χ4n) is 1.19. The lowest BCUT2D eigenvalue weighted by atomic mass is 10.1. The van der Waals surface area contributed by atoms with Gasteiger partial charge in [-0.3, -0.25) is 0 Å². The summed E-state index contributed by atoms with van der Waals surface area (Å²) in [6, 6.07) is 2.44. The van der Waals surface area contributed by atoms with Crippen LogP contribution in [0.25, 0.3) is 0 Å². The lowest BCUT2D eigenvalue weighted by Crippen LogP contribution is -2.16. The number of halogens is 4. The van der Waals surface area contributed by atoms with E-state index in [0.29, 0.717) is 6.07 Å². The van der Waals surface area contributed by atoms with Crippen LogP contribution in [0.5, 0.6) is 0 Å². The van der Waals surface area contributed by atoms with Crippen molar-refractivity contribution in [3.05, 3.63) is 29.6 Å². The Balaban J connectivity index is 3.15. The zero-order valence-electron chi connectivity index (χ0n) is 8.32. The van der Waals surface area contributed by atoms with Gasteiger partial charge in [-0.25, -0.2) is 4.39 Å². The molecule has 1 N–H and O–H groups in total. The number of rotatable bonds is 2. The Hall–Kier alpha value is -1.26. The Kier molecular flexibility index (Phi) is 3.21. The summed E-state index contributed by atoms with van der Waals surface area (Å²) in [6.45, 7) is 3.42. The van der Waals surface area contributed by atoms with Crippen LogP contribution < -0.4 is 5.32 Å². The standard InChI is InChI=1S/C10H11F4N/c1-6(2)15-9-4-3-7(11)5-8(9)10(12,13)14/h3-6,15H,1-2H3. The molecule has 1 aromatic carbocycles. The summed E-state index contributed by atoms with van der Waals surface area (Å²) in [5.74, 6) is -0.892. The smallest absolute Gasteiger partial charge is 0.382 e. The molecule has 0 aromatic heterocycles. The van der Waals surface area contributed by atoms with E-state index in [0.717, 1.165) is 12.1 Å². The Bertz CT molecular complexity index is 344. The Morgan fingerprint density at radius 3 is 2.27 bits per heavy atom. The van der Waals surface area contributed by atoms with Crippen LogP contribution in [0.4, 0.5) is 23.2 Å². The molecule has 0 bridgehead atoms. The average molecular weight is 221 g/mol. The third kappa shape index (κ3) is 3.11. The van der Waals surface area contributed by atoms with Crippen molar-refractivity contribution in [2.45, 2.75) is 26.1 Å². The molecule has 0 heterocycles. The van der Waals surface area contributed by atoms with Crippen molar-refractivity contribution in [2.24, 2.45) is 0 Å². The minimum Gasteiger partial charge on any atom is -0.382 e. The first kappa shape index (κ1) is 11.8. The van der Waals surface area contributed by atoms with Gasteiger partial charge >= 0.3 is 6.18 Å². The molecule has 84 valence electrons. The molecule has 5 heteroatoms. The second-order valence-electron chi connectivity index (χ2n) is 3.49. The van der Waals surface area contributed by atoms with Gasteiger partial charge in [0.1, 0.15) is 5.82 Å². The van der Waals surface area contributed by atoms with E-state index in [9.17, 15) is 17.6 Å². The predicted molar refractivity (Wildman–Crippen MR) is 50.2 cm³/mol. The van der Waals surface area contributed by atoms with Crippen molar-refractivity contribution in [1.29, 1.82) is 0 Å². The van der Waals surface area contributed by atoms with Crippen molar-refractivity contribution in [3.8, 4) is 0 Å². The van der Waals surface area contributed by atoms with E-state index in [-0.39, 0.29) is 11.7 Å². The Morgan fingerprint density at radius 2 is 1.80 bits per heavy atom. The van der Waals surface area contributed by atoms with Crippen LogP contribution in [0.1, 0.15) is 19.4 Å². The molecule has 0 amide bonds. The molecule has 0 saturated heterocycles. The fraction of sp³-hybridized carbons (Fsp3) is 0.400. The van der Waals surface area contributed by atoms with E-state index in [4.69, 9.17) is 0 Å². The normalized spacial score (nSPS) is 11.9. The van der Waals surface area contributed by atoms with Gasteiger partial charge in [-0.2, -0.15) is 13.2 Å². The van der Waals surface area contributed by atoms with Crippen molar-refractivity contribution in [1.82, 2.24) is 0 Å². The number of nitrogens with one attached hydrogen (secondary N) is 1. The summed E-state index contributed by atoms with van der Waals surface area (Å²) in [5, 5.41) is 2.62. The SMILES string of the molecule is CC(C)Nc1ccc(F)cc1C(F)(F)F. The van der Waals surface area contributed by atoms with E-state index in [2.05, 4.69) is 5.32 Å². The minimum atomic E-state index is -4.54. The molecule has 15 heavy (non-hydrogen) atoms. The third-order valence-electron chi connectivity index (χ3n) is 1.73. The molecule has 1 aromatic rings. The van der Waals surface area contributed by atoms with E-state index in [1.54, 1.807) is 13.8 Å². The van der Waals surface area contributed by atoms with Gasteiger partial charge in [0.05, 0.1) is 5.56 Å². The molecule has 1 nitrogen and oxygen atoms in total. The van der Waals surface area contributed by atoms with Gasteiger partial charge in [-0.15, -0.1) is 0 Å². The highest BCUT2D eigenvalue weighted by Gasteiger charge is 2.34. The summed E-state index contributed by atoms with van der Waals surface area (Å²) < 4.78 is 50.1. The van der Waals surface area contributed by atoms with Gasteiger partial charge in [0.25, 0.3) is 0 Å². The van der Waals surface area contributed by atoms with Crippen LogP contribution in [0.3, 0.4) is 0 Å². The van der Waals surface area contributed by atoms with Crippen LogP contribution in [0, 0.1) is 5.82 Å². The predicted octanol–water partition coefficient (Wildman–Crippen LogP) is 3.66. The largest absolute Gasteiger partial charge is 0.418 e. The Morgan fingerprint density at radius 1 is 1.20 bits per heavy atom. The Labute approximate surface area is 85.1 Å². The van der Waals surface area contributed by atoms with Gasteiger partial charge in [0, 0.05) is 11.7 Å². The first-order valence-electron chi connectivity index (χ1n) is 4.44. The number of benzene rings is 1. The van der Waals surface area contributed by atoms with Gasteiger partial charge < -0.3 is 5.32 Å². The molecular weight excluding hydrogens is 210 g/mol. The highest BCUT2D eigenvalue weighted by molar-refractivity contribution is 5.53. The quantitative estimate of drug-likeness (QED) is 0.751. The second kappa shape index (κ2) is 4.08. The van der Waals surface area contributed by atoms with Crippen molar-refractivity contribution in [3.63, 3.8) is 0 Å². The molecule has 0 aliphatic heterocycles. The number of alkyl halides is 3. The van der Waals surface area contributed by atoms with E-state index >= 15 is 0 Å². The molecule has 0 aliphatic carbocycles. The lowest BCUT2D eigenvalue weighted by Gasteiger charge is -2.16. The molecule has 0 fully saturated rings. The van der Waals surface area contributed by atoms with Gasteiger partial charge in [0.2, 0.25) is 0 Å². The molecule has 0 aliphatic rings. The van der Waals surface area contributed by atoms with Crippen molar-refractivity contribution >= 4 is 5.69 Å². The van der Waals surface area contributed by atoms with Gasteiger partial charge in [0.15, 0.2) is 0 Å². The third-order valence-corrected chi connectivity index (χ3v) is 1.73. The molecule has 0 spiro atoms. The van der Waals surface area contributed by atoms with Crippen LogP contribution in [0.2, 0.25) is 0 Å². The van der Waals surface area contributed by atoms with Crippen LogP contribution in [-0.2, 0) is 6.18 Å². The molecular formula is C10H11F4N. The molecule has 1 rings (SSSR count). The van der Waals surface area contributed by atoms with Crippen molar-refractivity contribution in [2.75, 3.05) is 5.32 Å². The first-order valence-corrected chi connectivity index (χ1v) is 4.44. The highest BCUT2D eigenvalue weighted by atomic mass is 19.4. The molecule has 0 saturated carbocycles. The van der Waals surface area contributed by atoms with E-state index in [1.807, 2.05) is 0 Å². The number of anilines is 1. The van der Waals surface area contributed by atoms with Gasteiger partial charge in [-0.05, 0) is 32.0 Å². The average Bonchev–Trinajstić information content (AvgIpc) is 2.05. The topological polar surface area (TPSA) is 12.0 Å². The van der Waals surface area contributed by atoms with E-state index in [1.165, 1.54) is 0 Å². The molecule has 0 unspecified atom stereocenters. The fourth-order valence-corrected chi connectivity index (χ4v) is 1.19. The van der Waals surface area contributed by atoms with Gasteiger partial charge in [-0.1, -0.05) is 0 Å². The summed E-state index contributed by atoms with van der Waals surface area (Å²) in [7, 11) is 0. The van der Waals surface area contributed by atoms with E-state index < -0.39 is 17.6 Å². The molecule has 0 atom stereocenters. The summed E-state index contributed by atoms with van der Waals surface area (Å²) in [4.78, 5) is 0. The van der Waals surface area contributed by atoms with Crippen LogP contribution in [0.15, 0.2) is 18.2 Å². The number of hydrogen-bond acceptors (Lipinski definition) is 1. The minimum absolute atomic E-state index is 0.0982. The highest BCUT2D eigenvalue weighted by Crippen LogP contribution is 2.35. The lowest BCUT2D eigenvalue weighted by molar-refractivity contribution is -0.137. The number of hydrogen-bond donors (Lipinski definition) is 1. The zero-order chi connectivity index (χ0) is 11.6. The maximum absolute atomic E-state index is 12.7. The summed E-state index contributed by atoms with van der Waals surface area (Å²) in [5.41, 5.74) is -1.07. The first-order chi connectivity index (χ1) is 6.80. The zero-order valence-corrected chi connectivity index (χ0v) is 8.32. The maximum Gasteiger partial charge on any atom is 0.418 e. The van der Waals surface area contributed by atoms with Crippen LogP contribution >= 0.6 is 0 Å². The summed E-state index contributed by atoms with van der Waals surface area (Å²) in [6.07, 6.45) is -4.54. The van der Waals surface area contributed by atoms with Crippen LogP contribution in [-0.4, -0.2) is 6.04 Å². The summed E-state index contributed by atoms with van der Waals surface area (Å²) >= 11 is 0. The van der Waals surface area contributed by atoms with Crippen molar-refractivity contribution < 1.29 is 17.6 Å². The maximum atomic E-state index is 12.7. The molecule has 0 radical (unpaired) electrons. The monoisotopic (exact) mass is 221 g/mol. The second-order valence-corrected chi connectivity index (χ2v) is 3.49.